The van der Waals surface area contributed by atoms with Gasteiger partial charge in [-0.3, -0.25) is 4.79 Å². The fraction of sp³-hybridized carbons (Fsp3) is 0.867. The van der Waals surface area contributed by atoms with E-state index >= 15 is 0 Å². The Balaban J connectivity index is 1.96. The van der Waals surface area contributed by atoms with Crippen molar-refractivity contribution in [1.29, 1.82) is 0 Å². The van der Waals surface area contributed by atoms with Gasteiger partial charge in [0.1, 0.15) is 10.9 Å². The minimum atomic E-state index is -3.74. The highest BCUT2D eigenvalue weighted by molar-refractivity contribution is 8.14. The molecule has 2 aliphatic rings. The third-order valence-electron chi connectivity index (χ3n) is 4.31. The van der Waals surface area contributed by atoms with Gasteiger partial charge in [-0.25, -0.2) is 13.2 Å². The summed E-state index contributed by atoms with van der Waals surface area (Å²) >= 11 is 0. The molecule has 0 radical (unpaired) electrons. The molecule has 2 aliphatic heterocycles. The Labute approximate surface area is 147 Å². The van der Waals surface area contributed by atoms with Gasteiger partial charge in [0.25, 0.3) is 0 Å². The van der Waals surface area contributed by atoms with Gasteiger partial charge in [-0.15, -0.1) is 0 Å². The molecule has 0 aromatic carbocycles. The quantitative estimate of drug-likeness (QED) is 0.683. The fourth-order valence-corrected chi connectivity index (χ4v) is 4.18. The molecule has 0 aliphatic carbocycles. The van der Waals surface area contributed by atoms with Crippen molar-refractivity contribution in [2.24, 2.45) is 0 Å². The van der Waals surface area contributed by atoms with Crippen LogP contribution in [0.15, 0.2) is 0 Å². The average molecular weight is 381 g/mol. The number of rotatable bonds is 2. The van der Waals surface area contributed by atoms with Gasteiger partial charge in [0.2, 0.25) is 15.0 Å². The van der Waals surface area contributed by atoms with Gasteiger partial charge >= 0.3 is 6.09 Å². The number of amides is 2. The number of hydrogen-bond acceptors (Lipinski definition) is 5. The van der Waals surface area contributed by atoms with Gasteiger partial charge in [0, 0.05) is 42.8 Å². The van der Waals surface area contributed by atoms with Crippen molar-refractivity contribution in [1.82, 2.24) is 9.80 Å². The lowest BCUT2D eigenvalue weighted by Gasteiger charge is -2.28. The van der Waals surface area contributed by atoms with Crippen LogP contribution < -0.4 is 0 Å². The number of nitrogens with zero attached hydrogens (tertiary/aromatic N) is 2. The highest BCUT2D eigenvalue weighted by atomic mass is 35.7. The third-order valence-corrected chi connectivity index (χ3v) is 6.18. The van der Waals surface area contributed by atoms with E-state index in [-0.39, 0.29) is 31.0 Å². The molecule has 2 saturated heterocycles. The largest absolute Gasteiger partial charge is 0.444 e. The van der Waals surface area contributed by atoms with Crippen LogP contribution in [-0.2, 0) is 18.6 Å². The fourth-order valence-electron chi connectivity index (χ4n) is 3.14. The van der Waals surface area contributed by atoms with E-state index in [0.717, 1.165) is 12.8 Å². The van der Waals surface area contributed by atoms with Crippen molar-refractivity contribution in [2.75, 3.05) is 19.6 Å². The lowest BCUT2D eigenvalue weighted by atomic mass is 10.1. The zero-order valence-electron chi connectivity index (χ0n) is 14.3. The van der Waals surface area contributed by atoms with E-state index in [0.29, 0.717) is 19.5 Å². The summed E-state index contributed by atoms with van der Waals surface area (Å²) in [5.41, 5.74) is -0.546. The van der Waals surface area contributed by atoms with Gasteiger partial charge in [-0.1, -0.05) is 0 Å². The number of carbonyl (C=O) groups excluding carboxylic acids is 2. The summed E-state index contributed by atoms with van der Waals surface area (Å²) in [7, 11) is 1.66. The molecule has 7 nitrogen and oxygen atoms in total. The zero-order chi connectivity index (χ0) is 18.1. The Bertz CT molecular complexity index is 601. The van der Waals surface area contributed by atoms with Crippen LogP contribution in [0.4, 0.5) is 4.79 Å². The van der Waals surface area contributed by atoms with Crippen LogP contribution in [-0.4, -0.2) is 66.7 Å². The molecule has 2 rings (SSSR count). The minimum Gasteiger partial charge on any atom is -0.444 e. The number of ether oxygens (including phenoxy) is 1. The monoisotopic (exact) mass is 380 g/mol. The van der Waals surface area contributed by atoms with Crippen molar-refractivity contribution >= 4 is 31.7 Å². The summed E-state index contributed by atoms with van der Waals surface area (Å²) in [6.07, 6.45) is 1.68. The smallest absolute Gasteiger partial charge is 0.410 e. The molecule has 0 aromatic heterocycles. The molecule has 0 bridgehead atoms. The Morgan fingerprint density at radius 1 is 1.25 bits per heavy atom. The topological polar surface area (TPSA) is 84.0 Å². The zero-order valence-corrected chi connectivity index (χ0v) is 15.9. The number of carbonyl (C=O) groups is 2. The minimum absolute atomic E-state index is 0.0574. The van der Waals surface area contributed by atoms with Gasteiger partial charge < -0.3 is 14.5 Å². The van der Waals surface area contributed by atoms with Gasteiger partial charge in [-0.05, 0) is 40.0 Å². The van der Waals surface area contributed by atoms with Gasteiger partial charge in [-0.2, -0.15) is 0 Å². The van der Waals surface area contributed by atoms with Crippen LogP contribution in [0, 0.1) is 0 Å². The molecule has 2 unspecified atom stereocenters. The van der Waals surface area contributed by atoms with Gasteiger partial charge in [0.05, 0.1) is 0 Å². The molecule has 0 aromatic rings. The van der Waals surface area contributed by atoms with E-state index in [1.807, 2.05) is 20.8 Å². The summed E-state index contributed by atoms with van der Waals surface area (Å²) in [6, 6.07) is -0.0617. The van der Waals surface area contributed by atoms with E-state index in [2.05, 4.69) is 0 Å². The predicted octanol–water partition coefficient (Wildman–Crippen LogP) is 1.95. The van der Waals surface area contributed by atoms with Gasteiger partial charge in [0.15, 0.2) is 0 Å². The molecule has 0 N–H and O–H groups in total. The summed E-state index contributed by atoms with van der Waals surface area (Å²) < 4.78 is 28.3. The molecular formula is C15H25ClN2O5S. The Kier molecular flexibility index (Phi) is 5.69. The molecule has 0 saturated carbocycles. The first kappa shape index (κ1) is 19.3. The number of halogens is 1. The summed E-state index contributed by atoms with van der Waals surface area (Å²) in [4.78, 5) is 27.6. The van der Waals surface area contributed by atoms with Crippen molar-refractivity contribution in [2.45, 2.75) is 63.3 Å². The summed E-state index contributed by atoms with van der Waals surface area (Å²) in [6.45, 7) is 6.66. The first-order chi connectivity index (χ1) is 11.0. The number of hydrogen-bond donors (Lipinski definition) is 0. The maximum absolute atomic E-state index is 12.2. The van der Waals surface area contributed by atoms with Crippen molar-refractivity contribution < 1.29 is 22.7 Å². The van der Waals surface area contributed by atoms with Crippen LogP contribution >= 0.6 is 10.7 Å². The third kappa shape index (κ3) is 4.99. The molecule has 2 heterocycles. The molecule has 2 atom stereocenters. The Morgan fingerprint density at radius 2 is 1.92 bits per heavy atom. The molecule has 9 heteroatoms. The van der Waals surface area contributed by atoms with Crippen molar-refractivity contribution in [3.05, 3.63) is 0 Å². The second-order valence-corrected chi connectivity index (χ2v) is 10.3. The van der Waals surface area contributed by atoms with Crippen LogP contribution in [0.1, 0.15) is 46.5 Å². The van der Waals surface area contributed by atoms with E-state index < -0.39 is 19.9 Å². The molecular weight excluding hydrogens is 356 g/mol. The van der Waals surface area contributed by atoms with Crippen LogP contribution in [0.3, 0.4) is 0 Å². The highest BCUT2D eigenvalue weighted by Crippen LogP contribution is 2.27. The highest BCUT2D eigenvalue weighted by Gasteiger charge is 2.40. The maximum atomic E-state index is 12.2. The van der Waals surface area contributed by atoms with Crippen LogP contribution in [0.2, 0.25) is 0 Å². The van der Waals surface area contributed by atoms with E-state index in [1.54, 1.807) is 9.80 Å². The SMILES string of the molecule is CC(C)(C)OC(=O)N1CCCC(N2CC(S(=O)(=O)Cl)CC2=O)CC1. The lowest BCUT2D eigenvalue weighted by Crippen LogP contribution is -2.40. The van der Waals surface area contributed by atoms with Crippen LogP contribution in [0.5, 0.6) is 0 Å². The van der Waals surface area contributed by atoms with Crippen molar-refractivity contribution in [3.63, 3.8) is 0 Å². The second-order valence-electron chi connectivity index (χ2n) is 7.40. The molecule has 138 valence electrons. The maximum Gasteiger partial charge on any atom is 0.410 e. The lowest BCUT2D eigenvalue weighted by molar-refractivity contribution is -0.129. The van der Waals surface area contributed by atoms with E-state index in [1.165, 1.54) is 0 Å². The predicted molar refractivity (Wildman–Crippen MR) is 90.3 cm³/mol. The Morgan fingerprint density at radius 3 is 2.46 bits per heavy atom. The van der Waals surface area contributed by atoms with E-state index in [9.17, 15) is 18.0 Å². The normalized spacial score (nSPS) is 26.4. The van der Waals surface area contributed by atoms with Crippen molar-refractivity contribution in [3.8, 4) is 0 Å². The first-order valence-electron chi connectivity index (χ1n) is 8.18. The molecule has 2 amide bonds. The molecule has 2 fully saturated rings. The average Bonchev–Trinajstić information content (AvgIpc) is 2.67. The van der Waals surface area contributed by atoms with Crippen LogP contribution in [0.25, 0.3) is 0 Å². The summed E-state index contributed by atoms with van der Waals surface area (Å²) in [5, 5.41) is -0.836. The molecule has 24 heavy (non-hydrogen) atoms. The Hall–Kier alpha value is -1.02. The van der Waals surface area contributed by atoms with E-state index in [4.69, 9.17) is 15.4 Å². The number of likely N-dealkylation sites (tertiary alicyclic amines) is 2. The molecule has 0 spiro atoms. The second kappa shape index (κ2) is 7.07. The standard InChI is InChI=1S/C15H25ClN2O5S/c1-15(2,3)23-14(20)17-7-4-5-11(6-8-17)18-10-12(9-13(18)19)24(16,21)22/h11-12H,4-10H2,1-3H3. The first-order valence-corrected chi connectivity index (χ1v) is 10.6. The summed E-state index contributed by atoms with van der Waals surface area (Å²) in [5.74, 6) is -0.181.